The maximum atomic E-state index is 13.9. The van der Waals surface area contributed by atoms with Crippen LogP contribution in [0.5, 0.6) is 5.75 Å². The Kier molecular flexibility index (Phi) is 6.87. The third kappa shape index (κ3) is 3.97. The first-order valence-electron chi connectivity index (χ1n) is 12.4. The van der Waals surface area contributed by atoms with E-state index in [1.165, 1.54) is 11.0 Å². The minimum atomic E-state index is -2.67. The van der Waals surface area contributed by atoms with Crippen molar-refractivity contribution in [1.29, 1.82) is 0 Å². The fourth-order valence-electron chi connectivity index (χ4n) is 5.92. The zero-order valence-corrected chi connectivity index (χ0v) is 22.0. The predicted octanol–water partition coefficient (Wildman–Crippen LogP) is 1.36. The van der Waals surface area contributed by atoms with Crippen LogP contribution in [0.3, 0.4) is 0 Å². The van der Waals surface area contributed by atoms with Crippen molar-refractivity contribution in [3.05, 3.63) is 45.7 Å². The number of phenolic OH excluding ortho intramolecular Hbond substituents is 1. The molecule has 0 heterocycles. The highest BCUT2D eigenvalue weighted by molar-refractivity contribution is 6.24. The predicted molar refractivity (Wildman–Crippen MR) is 137 cm³/mol. The Labute approximate surface area is 219 Å². The number of aliphatic hydroxyl groups excluding tert-OH is 2. The number of fused-ring (bicyclic) bond motifs is 3. The van der Waals surface area contributed by atoms with Crippen molar-refractivity contribution in [2.75, 3.05) is 20.7 Å². The van der Waals surface area contributed by atoms with Crippen LogP contribution in [0.2, 0.25) is 0 Å². The molecule has 11 nitrogen and oxygen atoms in total. The van der Waals surface area contributed by atoms with Crippen LogP contribution >= 0.6 is 0 Å². The van der Waals surface area contributed by atoms with Crippen LogP contribution in [-0.4, -0.2) is 80.9 Å². The number of hydrogen-bond donors (Lipinski definition) is 5. The van der Waals surface area contributed by atoms with Gasteiger partial charge in [-0.2, -0.15) is 0 Å². The molecule has 1 aromatic carbocycles. The van der Waals surface area contributed by atoms with Crippen LogP contribution in [0.1, 0.15) is 43.9 Å². The Morgan fingerprint density at radius 1 is 1.24 bits per heavy atom. The number of Topliss-reactive ketones (excluding diaryl/α,β-unsaturated/α-hetero) is 2. The molecule has 0 aromatic heterocycles. The van der Waals surface area contributed by atoms with Crippen LogP contribution in [0.15, 0.2) is 34.2 Å². The van der Waals surface area contributed by atoms with Crippen LogP contribution in [0.4, 0.5) is 0 Å². The van der Waals surface area contributed by atoms with Crippen LogP contribution in [0.25, 0.3) is 5.76 Å². The lowest BCUT2D eigenvalue weighted by molar-refractivity contribution is -0.153. The van der Waals surface area contributed by atoms with Gasteiger partial charge in [0, 0.05) is 17.1 Å². The summed E-state index contributed by atoms with van der Waals surface area (Å²) in [6.07, 6.45) is 0.191. The van der Waals surface area contributed by atoms with E-state index in [-0.39, 0.29) is 35.6 Å². The Hall–Kier alpha value is -3.70. The van der Waals surface area contributed by atoms with Gasteiger partial charge in [0.15, 0.2) is 11.4 Å². The third-order valence-corrected chi connectivity index (χ3v) is 7.60. The number of carbonyl (C=O) groups is 3. The second kappa shape index (κ2) is 9.55. The molecule has 0 aliphatic heterocycles. The van der Waals surface area contributed by atoms with Gasteiger partial charge >= 0.3 is 0 Å². The molecule has 38 heavy (non-hydrogen) atoms. The van der Waals surface area contributed by atoms with Crippen molar-refractivity contribution in [2.45, 2.75) is 45.3 Å². The zero-order chi connectivity index (χ0) is 28.3. The zero-order valence-electron chi connectivity index (χ0n) is 22.0. The van der Waals surface area contributed by atoms with Crippen molar-refractivity contribution < 1.29 is 39.6 Å². The molecular weight excluding hydrogens is 494 g/mol. The van der Waals surface area contributed by atoms with Crippen molar-refractivity contribution in [2.24, 2.45) is 28.6 Å². The van der Waals surface area contributed by atoms with E-state index in [9.17, 15) is 34.8 Å². The standard InChI is InChI=1S/C27H33N3O8/c1-11(2)10-38-29-12(3)14-6-7-17(31)19-15(14)8-13-9-16-21(30(4)5)23(33)20(26(28)36)25(35)27(16,37)24(34)18(13)22(19)32/h6-7,11,13,16,21,31-32,35,37H,8-10H2,1-5H3,(H2,28,36)/b29-12-. The molecule has 0 saturated heterocycles. The molecule has 204 valence electrons. The molecular formula is C27H33N3O8. The molecule has 3 aliphatic rings. The molecule has 1 aromatic rings. The number of aromatic hydroxyl groups is 1. The van der Waals surface area contributed by atoms with Crippen LogP contribution in [-0.2, 0) is 25.6 Å². The first-order chi connectivity index (χ1) is 17.7. The summed E-state index contributed by atoms with van der Waals surface area (Å²) in [7, 11) is 3.11. The van der Waals surface area contributed by atoms with Gasteiger partial charge in [0.05, 0.1) is 17.3 Å². The normalized spacial score (nSPS) is 27.5. The Morgan fingerprint density at radius 3 is 2.47 bits per heavy atom. The van der Waals surface area contributed by atoms with E-state index in [2.05, 4.69) is 5.16 Å². The van der Waals surface area contributed by atoms with Crippen LogP contribution < -0.4 is 5.73 Å². The van der Waals surface area contributed by atoms with Gasteiger partial charge in [-0.25, -0.2) is 0 Å². The average Bonchev–Trinajstić information content (AvgIpc) is 2.80. The summed E-state index contributed by atoms with van der Waals surface area (Å²) in [4.78, 5) is 46.0. The van der Waals surface area contributed by atoms with Gasteiger partial charge in [-0.1, -0.05) is 19.0 Å². The van der Waals surface area contributed by atoms with Gasteiger partial charge in [-0.15, -0.1) is 0 Å². The number of ketones is 2. The van der Waals surface area contributed by atoms with Crippen molar-refractivity contribution in [3.8, 4) is 5.75 Å². The van der Waals surface area contributed by atoms with E-state index >= 15 is 0 Å². The third-order valence-electron chi connectivity index (χ3n) is 7.60. The van der Waals surface area contributed by atoms with E-state index in [0.29, 0.717) is 23.4 Å². The highest BCUT2D eigenvalue weighted by Crippen LogP contribution is 2.52. The molecule has 1 saturated carbocycles. The van der Waals surface area contributed by atoms with Gasteiger partial charge in [0.25, 0.3) is 5.91 Å². The Morgan fingerprint density at radius 2 is 1.89 bits per heavy atom. The van der Waals surface area contributed by atoms with E-state index in [1.807, 2.05) is 13.8 Å². The number of primary amides is 1. The Bertz CT molecular complexity index is 1330. The number of hydrogen-bond acceptors (Lipinski definition) is 10. The van der Waals surface area contributed by atoms with Gasteiger partial charge in [0.1, 0.15) is 29.4 Å². The number of amides is 1. The van der Waals surface area contributed by atoms with Gasteiger partial charge < -0.3 is 31.0 Å². The number of phenols is 1. The quantitative estimate of drug-likeness (QED) is 0.207. The molecule has 6 N–H and O–H groups in total. The van der Waals surface area contributed by atoms with Gasteiger partial charge in [-0.3, -0.25) is 19.3 Å². The average molecular weight is 528 g/mol. The second-order valence-electron chi connectivity index (χ2n) is 10.8. The minimum absolute atomic E-state index is 0.0113. The topological polar surface area (TPSA) is 183 Å². The number of aliphatic hydroxyl groups is 3. The summed E-state index contributed by atoms with van der Waals surface area (Å²) in [5.41, 5.74) is 3.28. The monoisotopic (exact) mass is 527 g/mol. The van der Waals surface area contributed by atoms with Crippen molar-refractivity contribution in [1.82, 2.24) is 4.90 Å². The summed E-state index contributed by atoms with van der Waals surface area (Å²) in [5, 5.41) is 48.7. The van der Waals surface area contributed by atoms with Crippen molar-refractivity contribution >= 4 is 28.9 Å². The lowest BCUT2D eigenvalue weighted by Gasteiger charge is -2.50. The van der Waals surface area contributed by atoms with E-state index in [4.69, 9.17) is 10.6 Å². The first kappa shape index (κ1) is 27.3. The number of likely N-dealkylation sites (N-methyl/N-ethyl adjacent to an activating group) is 1. The number of nitrogens with zero attached hydrogens (tertiary/aromatic N) is 2. The molecule has 0 spiro atoms. The largest absolute Gasteiger partial charge is 0.508 e. The molecule has 1 fully saturated rings. The fraction of sp³-hybridized carbons (Fsp3) is 0.481. The molecule has 4 unspecified atom stereocenters. The summed E-state index contributed by atoms with van der Waals surface area (Å²) < 4.78 is 0. The first-order valence-corrected chi connectivity index (χ1v) is 12.4. The summed E-state index contributed by atoms with van der Waals surface area (Å²) in [6.45, 7) is 6.09. The van der Waals surface area contributed by atoms with Crippen molar-refractivity contribution in [3.63, 3.8) is 0 Å². The number of benzene rings is 1. The summed E-state index contributed by atoms with van der Waals surface area (Å²) in [5.74, 6) is -6.60. The van der Waals surface area contributed by atoms with Gasteiger partial charge in [0.2, 0.25) is 5.78 Å². The second-order valence-corrected chi connectivity index (χ2v) is 10.8. The molecule has 4 atom stereocenters. The Balaban J connectivity index is 1.90. The SMILES string of the molecule is C/C(=N/OCC(C)C)c1ccc(O)c2c1CC1CC3C(N(C)C)C(=O)C(C(N)=O)=C(O)C3(O)C(=O)C1=C2O. The summed E-state index contributed by atoms with van der Waals surface area (Å²) in [6, 6.07) is 1.87. The number of carbonyl (C=O) groups excluding carboxylic acids is 3. The maximum absolute atomic E-state index is 13.9. The van der Waals surface area contributed by atoms with E-state index in [0.717, 1.165) is 0 Å². The minimum Gasteiger partial charge on any atom is -0.508 e. The fourth-order valence-corrected chi connectivity index (χ4v) is 5.92. The molecule has 0 bridgehead atoms. The lowest BCUT2D eigenvalue weighted by Crippen LogP contribution is -2.65. The highest BCUT2D eigenvalue weighted by atomic mass is 16.6. The van der Waals surface area contributed by atoms with Crippen LogP contribution in [0, 0.1) is 17.8 Å². The highest BCUT2D eigenvalue weighted by Gasteiger charge is 2.64. The molecule has 0 radical (unpaired) electrons. The smallest absolute Gasteiger partial charge is 0.255 e. The van der Waals surface area contributed by atoms with E-state index < -0.39 is 58.0 Å². The number of rotatable bonds is 6. The van der Waals surface area contributed by atoms with Gasteiger partial charge in [-0.05, 0) is 63.4 Å². The summed E-state index contributed by atoms with van der Waals surface area (Å²) >= 11 is 0. The lowest BCUT2D eigenvalue weighted by atomic mass is 9.57. The molecule has 3 aliphatic carbocycles. The number of nitrogens with two attached hydrogens (primary N) is 1. The number of oxime groups is 1. The maximum Gasteiger partial charge on any atom is 0.255 e. The molecule has 4 rings (SSSR count). The van der Waals surface area contributed by atoms with E-state index in [1.54, 1.807) is 27.1 Å². The molecule has 11 heteroatoms. The molecule has 1 amide bonds.